The van der Waals surface area contributed by atoms with E-state index in [9.17, 15) is 14.7 Å². The quantitative estimate of drug-likeness (QED) is 0.563. The molecule has 0 aliphatic heterocycles. The molecular weight excluding hydrogens is 366 g/mol. The highest BCUT2D eigenvalue weighted by molar-refractivity contribution is 6.01. The molecule has 0 aliphatic rings. The van der Waals surface area contributed by atoms with Crippen LogP contribution in [0, 0.1) is 0 Å². The molecule has 0 bridgehead atoms. The number of carbonyl (C=O) groups excluding carboxylic acids is 2. The number of hydrogen-bond acceptors (Lipinski definition) is 4. The number of ether oxygens (including phenoxy) is 1. The molecular formula is C24H25NO4. The third kappa shape index (κ3) is 4.57. The first kappa shape index (κ1) is 20.4. The molecule has 3 rings (SSSR count). The molecule has 0 spiro atoms. The SMILES string of the molecule is CC[C@H](C)c1ccccc1NC(=O)[C@H](C)OC(=O)c1cc2ccccc2cc1O. The average Bonchev–Trinajstić information content (AvgIpc) is 2.72. The highest BCUT2D eigenvalue weighted by Crippen LogP contribution is 2.28. The predicted octanol–water partition coefficient (Wildman–Crippen LogP) is 5.24. The molecule has 2 N–H and O–H groups in total. The van der Waals surface area contributed by atoms with Crippen molar-refractivity contribution < 1.29 is 19.4 Å². The van der Waals surface area contributed by atoms with E-state index in [1.165, 1.54) is 13.0 Å². The van der Waals surface area contributed by atoms with Crippen LogP contribution in [-0.4, -0.2) is 23.1 Å². The van der Waals surface area contributed by atoms with Gasteiger partial charge >= 0.3 is 5.97 Å². The van der Waals surface area contributed by atoms with Gasteiger partial charge in [-0.15, -0.1) is 0 Å². The van der Waals surface area contributed by atoms with Gasteiger partial charge in [0.2, 0.25) is 0 Å². The van der Waals surface area contributed by atoms with Crippen molar-refractivity contribution in [2.45, 2.75) is 39.2 Å². The molecule has 2 atom stereocenters. The summed E-state index contributed by atoms with van der Waals surface area (Å²) in [4.78, 5) is 25.1. The summed E-state index contributed by atoms with van der Waals surface area (Å²) in [5, 5.41) is 14.7. The smallest absolute Gasteiger partial charge is 0.342 e. The van der Waals surface area contributed by atoms with Crippen LogP contribution in [0.25, 0.3) is 10.8 Å². The predicted molar refractivity (Wildman–Crippen MR) is 114 cm³/mol. The number of amides is 1. The van der Waals surface area contributed by atoms with E-state index in [-0.39, 0.29) is 11.3 Å². The Bertz CT molecular complexity index is 1040. The maximum Gasteiger partial charge on any atom is 0.342 e. The molecule has 0 heterocycles. The topological polar surface area (TPSA) is 75.6 Å². The zero-order chi connectivity index (χ0) is 21.0. The number of fused-ring (bicyclic) bond motifs is 1. The second-order valence-corrected chi connectivity index (χ2v) is 7.15. The molecule has 0 radical (unpaired) electrons. The Hall–Kier alpha value is -3.34. The number of hydrogen-bond donors (Lipinski definition) is 2. The molecule has 150 valence electrons. The van der Waals surface area contributed by atoms with E-state index in [2.05, 4.69) is 19.2 Å². The second kappa shape index (κ2) is 8.78. The molecule has 0 saturated heterocycles. The summed E-state index contributed by atoms with van der Waals surface area (Å²) >= 11 is 0. The van der Waals surface area contributed by atoms with Gasteiger partial charge in [-0.25, -0.2) is 4.79 Å². The fourth-order valence-corrected chi connectivity index (χ4v) is 3.16. The van der Waals surface area contributed by atoms with Gasteiger partial charge in [-0.3, -0.25) is 4.79 Å². The van der Waals surface area contributed by atoms with Gasteiger partial charge in [0.15, 0.2) is 6.10 Å². The molecule has 29 heavy (non-hydrogen) atoms. The Labute approximate surface area is 170 Å². The number of carbonyl (C=O) groups is 2. The average molecular weight is 391 g/mol. The third-order valence-corrected chi connectivity index (χ3v) is 5.10. The first-order valence-corrected chi connectivity index (χ1v) is 9.73. The highest BCUT2D eigenvalue weighted by Gasteiger charge is 2.22. The van der Waals surface area contributed by atoms with E-state index in [4.69, 9.17) is 4.74 Å². The summed E-state index contributed by atoms with van der Waals surface area (Å²) in [5.74, 6) is -1.05. The van der Waals surface area contributed by atoms with Gasteiger partial charge in [-0.2, -0.15) is 0 Å². The van der Waals surface area contributed by atoms with E-state index in [0.29, 0.717) is 11.6 Å². The van der Waals surface area contributed by atoms with E-state index in [0.717, 1.165) is 22.8 Å². The monoisotopic (exact) mass is 391 g/mol. The summed E-state index contributed by atoms with van der Waals surface area (Å²) in [7, 11) is 0. The second-order valence-electron chi connectivity index (χ2n) is 7.15. The van der Waals surface area contributed by atoms with Crippen LogP contribution >= 0.6 is 0 Å². The van der Waals surface area contributed by atoms with Gasteiger partial charge in [0.25, 0.3) is 5.91 Å². The van der Waals surface area contributed by atoms with Crippen molar-refractivity contribution in [2.24, 2.45) is 0 Å². The molecule has 3 aromatic rings. The minimum atomic E-state index is -1.02. The third-order valence-electron chi connectivity index (χ3n) is 5.10. The largest absolute Gasteiger partial charge is 0.507 e. The summed E-state index contributed by atoms with van der Waals surface area (Å²) in [5.41, 5.74) is 1.78. The molecule has 0 fully saturated rings. The van der Waals surface area contributed by atoms with E-state index < -0.39 is 18.0 Å². The van der Waals surface area contributed by atoms with E-state index in [1.54, 1.807) is 6.07 Å². The first-order valence-electron chi connectivity index (χ1n) is 9.73. The summed E-state index contributed by atoms with van der Waals surface area (Å²) < 4.78 is 5.32. The number of anilines is 1. The van der Waals surface area contributed by atoms with Crippen LogP contribution in [0.15, 0.2) is 60.7 Å². The van der Waals surface area contributed by atoms with Crippen molar-refractivity contribution in [3.8, 4) is 5.75 Å². The van der Waals surface area contributed by atoms with Crippen LogP contribution in [0.2, 0.25) is 0 Å². The number of rotatable bonds is 6. The van der Waals surface area contributed by atoms with Crippen molar-refractivity contribution in [1.82, 2.24) is 0 Å². The van der Waals surface area contributed by atoms with E-state index in [1.807, 2.05) is 48.5 Å². The number of phenolic OH excluding ortho intramolecular Hbond substituents is 1. The van der Waals surface area contributed by atoms with Gasteiger partial charge < -0.3 is 15.2 Å². The van der Waals surface area contributed by atoms with Crippen LogP contribution in [0.3, 0.4) is 0 Å². The van der Waals surface area contributed by atoms with Crippen molar-refractivity contribution in [1.29, 1.82) is 0 Å². The summed E-state index contributed by atoms with van der Waals surface area (Å²) in [6.45, 7) is 5.69. The van der Waals surface area contributed by atoms with Crippen molar-refractivity contribution in [3.05, 3.63) is 71.8 Å². The molecule has 0 unspecified atom stereocenters. The van der Waals surface area contributed by atoms with Crippen LogP contribution in [-0.2, 0) is 9.53 Å². The lowest BCUT2D eigenvalue weighted by Crippen LogP contribution is -2.30. The zero-order valence-electron chi connectivity index (χ0n) is 16.8. The molecule has 3 aromatic carbocycles. The van der Waals surface area contributed by atoms with Crippen LogP contribution in [0.5, 0.6) is 5.75 Å². The zero-order valence-corrected chi connectivity index (χ0v) is 16.8. The van der Waals surface area contributed by atoms with Crippen molar-refractivity contribution >= 4 is 28.3 Å². The molecule has 0 aliphatic carbocycles. The van der Waals surface area contributed by atoms with E-state index >= 15 is 0 Å². The highest BCUT2D eigenvalue weighted by atomic mass is 16.5. The van der Waals surface area contributed by atoms with Gasteiger partial charge in [-0.1, -0.05) is 56.3 Å². The van der Waals surface area contributed by atoms with Crippen LogP contribution < -0.4 is 5.32 Å². The number of para-hydroxylation sites is 1. The van der Waals surface area contributed by atoms with Gasteiger partial charge in [0.05, 0.1) is 0 Å². The number of nitrogens with one attached hydrogen (secondary N) is 1. The van der Waals surface area contributed by atoms with Gasteiger partial charge in [0, 0.05) is 5.69 Å². The fourth-order valence-electron chi connectivity index (χ4n) is 3.16. The maximum absolute atomic E-state index is 12.6. The molecule has 5 heteroatoms. The standard InChI is InChI=1S/C24H25NO4/c1-4-15(2)19-11-7-8-12-21(19)25-23(27)16(3)29-24(28)20-13-17-9-5-6-10-18(17)14-22(20)26/h5-16,26H,4H2,1-3H3,(H,25,27)/t15-,16-/m0/s1. The van der Waals surface area contributed by atoms with Gasteiger partial charge in [-0.05, 0) is 53.8 Å². The lowest BCUT2D eigenvalue weighted by Gasteiger charge is -2.18. The summed E-state index contributed by atoms with van der Waals surface area (Å²) in [6.07, 6.45) is -0.0723. The Kier molecular flexibility index (Phi) is 6.17. The fraction of sp³-hybridized carbons (Fsp3) is 0.250. The minimum absolute atomic E-state index is 0.0309. The Balaban J connectivity index is 1.73. The maximum atomic E-state index is 12.6. The Morgan fingerprint density at radius 3 is 2.31 bits per heavy atom. The lowest BCUT2D eigenvalue weighted by molar-refractivity contribution is -0.123. The van der Waals surface area contributed by atoms with Crippen LogP contribution in [0.4, 0.5) is 5.69 Å². The molecule has 0 saturated carbocycles. The first-order chi connectivity index (χ1) is 13.9. The summed E-state index contributed by atoms with van der Waals surface area (Å²) in [6, 6.07) is 18.1. The molecule has 1 amide bonds. The van der Waals surface area contributed by atoms with Crippen molar-refractivity contribution in [2.75, 3.05) is 5.32 Å². The molecule has 5 nitrogen and oxygen atoms in total. The minimum Gasteiger partial charge on any atom is -0.507 e. The number of phenols is 1. The number of aromatic hydroxyl groups is 1. The van der Waals surface area contributed by atoms with Crippen LogP contribution in [0.1, 0.15) is 49.0 Å². The number of benzene rings is 3. The Morgan fingerprint density at radius 2 is 1.62 bits per heavy atom. The lowest BCUT2D eigenvalue weighted by atomic mass is 9.97. The normalized spacial score (nSPS) is 12.9. The Morgan fingerprint density at radius 1 is 1.00 bits per heavy atom. The van der Waals surface area contributed by atoms with Crippen molar-refractivity contribution in [3.63, 3.8) is 0 Å². The molecule has 0 aromatic heterocycles. The number of esters is 1. The van der Waals surface area contributed by atoms with Gasteiger partial charge in [0.1, 0.15) is 11.3 Å².